The van der Waals surface area contributed by atoms with Crippen LogP contribution < -0.4 is 4.74 Å². The molecule has 0 amide bonds. The van der Waals surface area contributed by atoms with E-state index in [0.29, 0.717) is 0 Å². The summed E-state index contributed by atoms with van der Waals surface area (Å²) in [7, 11) is 0. The summed E-state index contributed by atoms with van der Waals surface area (Å²) in [6.45, 7) is 5.10. The largest absolute Gasteiger partial charge is 0.494 e. The van der Waals surface area contributed by atoms with Crippen LogP contribution in [0.2, 0.25) is 0 Å². The average molecular weight is 257 g/mol. The zero-order valence-corrected chi connectivity index (χ0v) is 10.4. The Kier molecular flexibility index (Phi) is 5.02. The maximum absolute atomic E-state index is 5.61. The van der Waals surface area contributed by atoms with Crippen molar-refractivity contribution in [1.82, 2.24) is 0 Å². The van der Waals surface area contributed by atoms with E-state index in [-0.39, 0.29) is 0 Å². The lowest BCUT2D eigenvalue weighted by molar-refractivity contribution is 0.318. The number of benzene rings is 1. The minimum Gasteiger partial charge on any atom is -0.494 e. The summed E-state index contributed by atoms with van der Waals surface area (Å²) in [5.74, 6) is 0.994. The maximum Gasteiger partial charge on any atom is 0.119 e. The van der Waals surface area contributed by atoms with E-state index in [4.69, 9.17) is 4.74 Å². The van der Waals surface area contributed by atoms with E-state index in [9.17, 15) is 0 Å². The van der Waals surface area contributed by atoms with Crippen LogP contribution in [0, 0.1) is 6.92 Å². The molecule has 14 heavy (non-hydrogen) atoms. The number of alkyl halides is 1. The summed E-state index contributed by atoms with van der Waals surface area (Å²) in [6, 6.07) is 6.31. The van der Waals surface area contributed by atoms with Gasteiger partial charge in [-0.05, 0) is 43.0 Å². The van der Waals surface area contributed by atoms with Crippen molar-refractivity contribution < 1.29 is 4.74 Å². The van der Waals surface area contributed by atoms with Crippen molar-refractivity contribution in [2.45, 2.75) is 26.7 Å². The van der Waals surface area contributed by atoms with Gasteiger partial charge in [0, 0.05) is 5.33 Å². The number of hydrogen-bond acceptors (Lipinski definition) is 1. The third-order valence-electron chi connectivity index (χ3n) is 2.25. The predicted molar refractivity (Wildman–Crippen MR) is 64.5 cm³/mol. The van der Waals surface area contributed by atoms with Crippen molar-refractivity contribution in [1.29, 1.82) is 0 Å². The standard InChI is InChI=1S/C12H17BrO/c1-3-11-9-12(6-5-10(11)2)14-8-4-7-13/h5-6,9H,3-4,7-8H2,1-2H3. The van der Waals surface area contributed by atoms with E-state index >= 15 is 0 Å². The minimum absolute atomic E-state index is 0.789. The SMILES string of the molecule is CCc1cc(OCCCBr)ccc1C. The molecule has 0 N–H and O–H groups in total. The van der Waals surface area contributed by atoms with E-state index < -0.39 is 0 Å². The smallest absolute Gasteiger partial charge is 0.119 e. The van der Waals surface area contributed by atoms with E-state index in [1.54, 1.807) is 0 Å². The van der Waals surface area contributed by atoms with Gasteiger partial charge in [-0.3, -0.25) is 0 Å². The molecule has 0 atom stereocenters. The van der Waals surface area contributed by atoms with Crippen molar-refractivity contribution in [3.8, 4) is 5.75 Å². The van der Waals surface area contributed by atoms with Crippen LogP contribution in [0.1, 0.15) is 24.5 Å². The minimum atomic E-state index is 0.789. The Morgan fingerprint density at radius 2 is 2.14 bits per heavy atom. The fourth-order valence-electron chi connectivity index (χ4n) is 1.36. The Hall–Kier alpha value is -0.500. The van der Waals surface area contributed by atoms with Gasteiger partial charge in [-0.2, -0.15) is 0 Å². The van der Waals surface area contributed by atoms with Crippen molar-refractivity contribution in [3.63, 3.8) is 0 Å². The number of rotatable bonds is 5. The molecule has 0 saturated heterocycles. The third-order valence-corrected chi connectivity index (χ3v) is 2.81. The molecule has 2 heteroatoms. The predicted octanol–water partition coefficient (Wildman–Crippen LogP) is 3.72. The first-order chi connectivity index (χ1) is 6.77. The molecule has 0 aromatic heterocycles. The van der Waals surface area contributed by atoms with Gasteiger partial charge in [-0.15, -0.1) is 0 Å². The highest BCUT2D eigenvalue weighted by atomic mass is 79.9. The quantitative estimate of drug-likeness (QED) is 0.577. The Balaban J connectivity index is 2.60. The van der Waals surface area contributed by atoms with E-state index in [0.717, 1.165) is 30.5 Å². The zero-order chi connectivity index (χ0) is 10.4. The van der Waals surface area contributed by atoms with E-state index in [2.05, 4.69) is 41.9 Å². The molecule has 0 saturated carbocycles. The Bertz CT molecular complexity index is 284. The van der Waals surface area contributed by atoms with Gasteiger partial charge in [-0.25, -0.2) is 0 Å². The lowest BCUT2D eigenvalue weighted by Gasteiger charge is -2.08. The van der Waals surface area contributed by atoms with Crippen LogP contribution in [0.4, 0.5) is 0 Å². The molecule has 0 heterocycles. The van der Waals surface area contributed by atoms with Crippen molar-refractivity contribution in [2.24, 2.45) is 0 Å². The summed E-state index contributed by atoms with van der Waals surface area (Å²) in [4.78, 5) is 0. The first-order valence-electron chi connectivity index (χ1n) is 5.06. The Labute approximate surface area is 94.6 Å². The first kappa shape index (κ1) is 11.6. The van der Waals surface area contributed by atoms with Gasteiger partial charge in [-0.1, -0.05) is 28.9 Å². The van der Waals surface area contributed by atoms with Crippen molar-refractivity contribution in [2.75, 3.05) is 11.9 Å². The van der Waals surface area contributed by atoms with Crippen LogP contribution in [0.15, 0.2) is 18.2 Å². The Morgan fingerprint density at radius 1 is 1.36 bits per heavy atom. The zero-order valence-electron chi connectivity index (χ0n) is 8.85. The summed E-state index contributed by atoms with van der Waals surface area (Å²) in [5.41, 5.74) is 2.72. The van der Waals surface area contributed by atoms with Gasteiger partial charge >= 0.3 is 0 Å². The molecule has 78 valence electrons. The van der Waals surface area contributed by atoms with Gasteiger partial charge in [0.25, 0.3) is 0 Å². The second-order valence-electron chi connectivity index (χ2n) is 3.33. The monoisotopic (exact) mass is 256 g/mol. The molecule has 1 rings (SSSR count). The number of halogens is 1. The molecule has 0 unspecified atom stereocenters. The Morgan fingerprint density at radius 3 is 2.79 bits per heavy atom. The van der Waals surface area contributed by atoms with Crippen LogP contribution in [0.5, 0.6) is 5.75 Å². The lowest BCUT2D eigenvalue weighted by atomic mass is 10.1. The molecule has 0 aliphatic carbocycles. The second kappa shape index (κ2) is 6.07. The fourth-order valence-corrected chi connectivity index (χ4v) is 1.59. The molecule has 1 nitrogen and oxygen atoms in total. The normalized spacial score (nSPS) is 10.2. The topological polar surface area (TPSA) is 9.23 Å². The van der Waals surface area contributed by atoms with Crippen LogP contribution in [0.3, 0.4) is 0 Å². The van der Waals surface area contributed by atoms with E-state index in [1.165, 1.54) is 11.1 Å². The second-order valence-corrected chi connectivity index (χ2v) is 4.13. The van der Waals surface area contributed by atoms with Crippen LogP contribution >= 0.6 is 15.9 Å². The van der Waals surface area contributed by atoms with Crippen molar-refractivity contribution >= 4 is 15.9 Å². The summed E-state index contributed by atoms with van der Waals surface area (Å²) in [5, 5.41) is 1.000. The number of ether oxygens (including phenoxy) is 1. The van der Waals surface area contributed by atoms with E-state index in [1.807, 2.05) is 6.07 Å². The van der Waals surface area contributed by atoms with Crippen LogP contribution in [-0.2, 0) is 6.42 Å². The summed E-state index contributed by atoms with van der Waals surface area (Å²) < 4.78 is 5.61. The van der Waals surface area contributed by atoms with Gasteiger partial charge in [0.05, 0.1) is 6.61 Å². The molecule has 0 fully saturated rings. The van der Waals surface area contributed by atoms with Crippen LogP contribution in [0.25, 0.3) is 0 Å². The maximum atomic E-state index is 5.61. The van der Waals surface area contributed by atoms with Gasteiger partial charge in [0.2, 0.25) is 0 Å². The van der Waals surface area contributed by atoms with Gasteiger partial charge in [0.15, 0.2) is 0 Å². The molecule has 0 aliphatic rings. The molecule has 0 aliphatic heterocycles. The first-order valence-corrected chi connectivity index (χ1v) is 6.18. The van der Waals surface area contributed by atoms with Crippen LogP contribution in [-0.4, -0.2) is 11.9 Å². The highest BCUT2D eigenvalue weighted by molar-refractivity contribution is 9.09. The van der Waals surface area contributed by atoms with Crippen molar-refractivity contribution in [3.05, 3.63) is 29.3 Å². The number of aryl methyl sites for hydroxylation is 2. The average Bonchev–Trinajstić information content (AvgIpc) is 2.21. The number of hydrogen-bond donors (Lipinski definition) is 0. The molecular formula is C12H17BrO. The molecule has 0 spiro atoms. The summed E-state index contributed by atoms with van der Waals surface area (Å²) >= 11 is 3.38. The molecular weight excluding hydrogens is 240 g/mol. The highest BCUT2D eigenvalue weighted by Crippen LogP contribution is 2.17. The van der Waals surface area contributed by atoms with Gasteiger partial charge < -0.3 is 4.74 Å². The molecule has 0 radical (unpaired) electrons. The summed E-state index contributed by atoms with van der Waals surface area (Å²) in [6.07, 6.45) is 2.12. The fraction of sp³-hybridized carbons (Fsp3) is 0.500. The van der Waals surface area contributed by atoms with Gasteiger partial charge in [0.1, 0.15) is 5.75 Å². The lowest BCUT2D eigenvalue weighted by Crippen LogP contribution is -1.98. The molecule has 0 bridgehead atoms. The molecule has 1 aromatic rings. The highest BCUT2D eigenvalue weighted by Gasteiger charge is 1.98. The molecule has 1 aromatic carbocycles. The third kappa shape index (κ3) is 3.33.